The van der Waals surface area contributed by atoms with Gasteiger partial charge < -0.3 is 5.11 Å². The van der Waals surface area contributed by atoms with Crippen molar-refractivity contribution in [2.45, 2.75) is 48.9 Å². The van der Waals surface area contributed by atoms with Crippen molar-refractivity contribution in [3.63, 3.8) is 0 Å². The van der Waals surface area contributed by atoms with Gasteiger partial charge in [-0.15, -0.1) is 11.3 Å². The quantitative estimate of drug-likeness (QED) is 0.870. The number of rotatable bonds is 5. The summed E-state index contributed by atoms with van der Waals surface area (Å²) in [6.45, 7) is 1.95. The topological polar surface area (TPSA) is 57.6 Å². The summed E-state index contributed by atoms with van der Waals surface area (Å²) in [5.41, 5.74) is 0.789. The maximum atomic E-state index is 13.2. The summed E-state index contributed by atoms with van der Waals surface area (Å²) in [6.07, 6.45) is 3.19. The van der Waals surface area contributed by atoms with Gasteiger partial charge in [-0.25, -0.2) is 8.42 Å². The molecule has 134 valence electrons. The third-order valence-electron chi connectivity index (χ3n) is 5.75. The predicted molar refractivity (Wildman–Crippen MR) is 99.2 cm³/mol. The van der Waals surface area contributed by atoms with Crippen LogP contribution in [0.5, 0.6) is 0 Å². The second-order valence-corrected chi connectivity index (χ2v) is 10.7. The third kappa shape index (κ3) is 2.76. The average Bonchev–Trinajstić information content (AvgIpc) is 3.29. The van der Waals surface area contributed by atoms with Crippen LogP contribution >= 0.6 is 11.3 Å². The second-order valence-electron chi connectivity index (χ2n) is 7.33. The summed E-state index contributed by atoms with van der Waals surface area (Å²) < 4.78 is 28.6. The van der Waals surface area contributed by atoms with Gasteiger partial charge in [-0.05, 0) is 50.3 Å². The van der Waals surface area contributed by atoms with Gasteiger partial charge >= 0.3 is 0 Å². The number of benzene rings is 1. The van der Waals surface area contributed by atoms with E-state index in [2.05, 4.69) is 12.1 Å². The van der Waals surface area contributed by atoms with Crippen molar-refractivity contribution >= 4 is 21.4 Å². The first kappa shape index (κ1) is 17.2. The van der Waals surface area contributed by atoms with E-state index in [-0.39, 0.29) is 24.1 Å². The molecule has 0 saturated carbocycles. The zero-order valence-corrected chi connectivity index (χ0v) is 15.9. The fourth-order valence-electron chi connectivity index (χ4n) is 4.67. The minimum absolute atomic E-state index is 0.00766. The van der Waals surface area contributed by atoms with Gasteiger partial charge in [-0.1, -0.05) is 30.3 Å². The van der Waals surface area contributed by atoms with Crippen LogP contribution in [-0.2, 0) is 16.4 Å². The van der Waals surface area contributed by atoms with Gasteiger partial charge in [0.25, 0.3) is 10.0 Å². The predicted octanol–water partition coefficient (Wildman–Crippen LogP) is 3.20. The fraction of sp³-hybridized carbons (Fsp3) is 0.474. The Labute approximate surface area is 153 Å². The Hall–Kier alpha value is -1.21. The monoisotopic (exact) mass is 377 g/mol. The van der Waals surface area contributed by atoms with Crippen LogP contribution in [0.3, 0.4) is 0 Å². The summed E-state index contributed by atoms with van der Waals surface area (Å²) in [6, 6.07) is 13.6. The van der Waals surface area contributed by atoms with Crippen LogP contribution in [0.1, 0.15) is 29.7 Å². The van der Waals surface area contributed by atoms with Gasteiger partial charge in [0.2, 0.25) is 0 Å². The maximum Gasteiger partial charge on any atom is 0.253 e. The SMILES string of the molecule is Cc1ccc(S(=O)(=O)N2[C@H]3CC[C@@H]2[C@@](CO)(Cc2ccccc2)C3)s1. The molecule has 4 nitrogen and oxygen atoms in total. The number of hydrogen-bond donors (Lipinski definition) is 1. The van der Waals surface area contributed by atoms with E-state index in [1.54, 1.807) is 10.4 Å². The fourth-order valence-corrected chi connectivity index (χ4v) is 8.02. The Balaban J connectivity index is 1.68. The second kappa shape index (κ2) is 6.20. The van der Waals surface area contributed by atoms with Gasteiger partial charge in [0.1, 0.15) is 4.21 Å². The molecule has 25 heavy (non-hydrogen) atoms. The number of thiophene rings is 1. The third-order valence-corrected chi connectivity index (χ3v) is 9.18. The molecule has 2 aliphatic heterocycles. The minimum atomic E-state index is -3.49. The summed E-state index contributed by atoms with van der Waals surface area (Å²) >= 11 is 1.33. The largest absolute Gasteiger partial charge is 0.396 e. The lowest BCUT2D eigenvalue weighted by molar-refractivity contribution is 0.0889. The number of aliphatic hydroxyl groups excluding tert-OH is 1. The number of aliphatic hydroxyl groups is 1. The molecule has 1 aromatic carbocycles. The molecule has 2 saturated heterocycles. The summed E-state index contributed by atoms with van der Waals surface area (Å²) in [5, 5.41) is 10.2. The normalized spacial score (nSPS) is 29.4. The van der Waals surface area contributed by atoms with E-state index in [9.17, 15) is 13.5 Å². The Morgan fingerprint density at radius 3 is 2.60 bits per heavy atom. The highest BCUT2D eigenvalue weighted by Gasteiger charge is 2.59. The first-order valence-electron chi connectivity index (χ1n) is 8.71. The average molecular weight is 378 g/mol. The van der Waals surface area contributed by atoms with Crippen LogP contribution in [0.4, 0.5) is 0 Å². The molecule has 2 fully saturated rings. The van der Waals surface area contributed by atoms with E-state index in [0.29, 0.717) is 4.21 Å². The molecular weight excluding hydrogens is 354 g/mol. The molecule has 3 heterocycles. The molecule has 0 aliphatic carbocycles. The van der Waals surface area contributed by atoms with Gasteiger partial charge in [0.05, 0.1) is 6.61 Å². The van der Waals surface area contributed by atoms with Gasteiger partial charge in [-0.2, -0.15) is 4.31 Å². The maximum absolute atomic E-state index is 13.2. The van der Waals surface area contributed by atoms with Crippen LogP contribution in [0.25, 0.3) is 0 Å². The van der Waals surface area contributed by atoms with Crippen molar-refractivity contribution in [3.8, 4) is 0 Å². The molecule has 4 rings (SSSR count). The van der Waals surface area contributed by atoms with E-state index < -0.39 is 10.0 Å². The molecule has 0 amide bonds. The van der Waals surface area contributed by atoms with Crippen LogP contribution in [0.2, 0.25) is 0 Å². The molecule has 1 aromatic heterocycles. The Morgan fingerprint density at radius 2 is 1.96 bits per heavy atom. The molecule has 1 N–H and O–H groups in total. The lowest BCUT2D eigenvalue weighted by atomic mass is 9.70. The van der Waals surface area contributed by atoms with Crippen molar-refractivity contribution in [1.29, 1.82) is 0 Å². The number of hydrogen-bond acceptors (Lipinski definition) is 4. The van der Waals surface area contributed by atoms with E-state index >= 15 is 0 Å². The molecule has 2 aromatic rings. The molecule has 6 heteroatoms. The van der Waals surface area contributed by atoms with Crippen LogP contribution in [0, 0.1) is 12.3 Å². The van der Waals surface area contributed by atoms with Crippen LogP contribution < -0.4 is 0 Å². The van der Waals surface area contributed by atoms with Crippen molar-refractivity contribution in [3.05, 3.63) is 52.9 Å². The first-order valence-corrected chi connectivity index (χ1v) is 11.0. The highest BCUT2D eigenvalue weighted by Crippen LogP contribution is 2.53. The van der Waals surface area contributed by atoms with E-state index in [1.165, 1.54) is 11.3 Å². The Bertz CT molecular complexity index is 862. The molecule has 2 aliphatic rings. The van der Waals surface area contributed by atoms with Gasteiger partial charge in [0.15, 0.2) is 0 Å². The number of aryl methyl sites for hydroxylation is 1. The Morgan fingerprint density at radius 1 is 1.20 bits per heavy atom. The lowest BCUT2D eigenvalue weighted by Crippen LogP contribution is -2.43. The summed E-state index contributed by atoms with van der Waals surface area (Å²) in [7, 11) is -3.49. The first-order chi connectivity index (χ1) is 12.0. The standard InChI is InChI=1S/C19H23NO3S2/c1-14-7-10-18(24-14)25(22,23)20-16-8-9-17(20)19(12-16,13-21)11-15-5-3-2-4-6-15/h2-7,10,16-17,21H,8-9,11-13H2,1H3/t16-,17+,19-/m0/s1. The Kier molecular flexibility index (Phi) is 4.27. The van der Waals surface area contributed by atoms with E-state index in [0.717, 1.165) is 36.1 Å². The van der Waals surface area contributed by atoms with E-state index in [4.69, 9.17) is 0 Å². The summed E-state index contributed by atoms with van der Waals surface area (Å²) in [5.74, 6) is 0. The molecule has 0 unspecified atom stereocenters. The van der Waals surface area contributed by atoms with Crippen molar-refractivity contribution in [1.82, 2.24) is 4.31 Å². The number of sulfonamides is 1. The van der Waals surface area contributed by atoms with Crippen molar-refractivity contribution in [2.24, 2.45) is 5.41 Å². The smallest absolute Gasteiger partial charge is 0.253 e. The molecule has 2 bridgehead atoms. The van der Waals surface area contributed by atoms with Crippen molar-refractivity contribution < 1.29 is 13.5 Å². The van der Waals surface area contributed by atoms with Gasteiger partial charge in [0, 0.05) is 22.4 Å². The number of nitrogens with zero attached hydrogens (tertiary/aromatic N) is 1. The molecule has 3 atom stereocenters. The molecular formula is C19H23NO3S2. The zero-order valence-electron chi connectivity index (χ0n) is 14.3. The van der Waals surface area contributed by atoms with E-state index in [1.807, 2.05) is 31.2 Å². The molecule has 0 spiro atoms. The summed E-state index contributed by atoms with van der Waals surface area (Å²) in [4.78, 5) is 1.00. The highest BCUT2D eigenvalue weighted by atomic mass is 32.2. The van der Waals surface area contributed by atoms with Crippen LogP contribution in [0.15, 0.2) is 46.7 Å². The van der Waals surface area contributed by atoms with Crippen molar-refractivity contribution in [2.75, 3.05) is 6.61 Å². The lowest BCUT2D eigenvalue weighted by Gasteiger charge is -2.36. The minimum Gasteiger partial charge on any atom is -0.396 e. The number of fused-ring (bicyclic) bond motifs is 2. The molecule has 0 radical (unpaired) electrons. The van der Waals surface area contributed by atoms with Crippen LogP contribution in [-0.4, -0.2) is 36.5 Å². The van der Waals surface area contributed by atoms with Gasteiger partial charge in [-0.3, -0.25) is 0 Å². The zero-order chi connectivity index (χ0) is 17.7. The highest BCUT2D eigenvalue weighted by molar-refractivity contribution is 7.91.